The van der Waals surface area contributed by atoms with E-state index in [0.29, 0.717) is 11.5 Å². The average Bonchev–Trinajstić information content (AvgIpc) is 3.10. The zero-order valence-electron chi connectivity index (χ0n) is 27.3. The molecule has 8 nitrogen and oxygen atoms in total. The Morgan fingerprint density at radius 2 is 1.31 bits per heavy atom. The van der Waals surface area contributed by atoms with Crippen molar-refractivity contribution >= 4 is 43.5 Å². The van der Waals surface area contributed by atoms with Gasteiger partial charge in [0.15, 0.2) is 0 Å². The van der Waals surface area contributed by atoms with Gasteiger partial charge >= 0.3 is 0 Å². The second kappa shape index (κ2) is 16.5. The minimum Gasteiger partial charge on any atom is -0.457 e. The number of hydrogen-bond acceptors (Lipinski definition) is 5. The van der Waals surface area contributed by atoms with Crippen LogP contribution < -0.4 is 14.4 Å². The lowest BCUT2D eigenvalue weighted by atomic mass is 10.0. The highest BCUT2D eigenvalue weighted by molar-refractivity contribution is 9.10. The summed E-state index contributed by atoms with van der Waals surface area (Å²) < 4.78 is 36.3. The molecule has 49 heavy (non-hydrogen) atoms. The molecule has 0 aliphatic heterocycles. The van der Waals surface area contributed by atoms with Gasteiger partial charge in [0.25, 0.3) is 10.0 Å². The van der Waals surface area contributed by atoms with Crippen molar-refractivity contribution in [2.45, 2.75) is 43.8 Å². The number of para-hydroxylation sites is 1. The van der Waals surface area contributed by atoms with Crippen LogP contribution >= 0.6 is 15.9 Å². The Kier molecular flexibility index (Phi) is 11.9. The number of sulfonamides is 1. The number of anilines is 1. The molecule has 0 fully saturated rings. The highest BCUT2D eigenvalue weighted by Crippen LogP contribution is 2.29. The van der Waals surface area contributed by atoms with Crippen LogP contribution in [0.3, 0.4) is 0 Å². The molecule has 0 radical (unpaired) electrons. The smallest absolute Gasteiger partial charge is 0.264 e. The molecule has 2 amide bonds. The largest absolute Gasteiger partial charge is 0.457 e. The number of nitrogens with zero attached hydrogens (tertiary/aromatic N) is 2. The highest BCUT2D eigenvalue weighted by atomic mass is 79.9. The van der Waals surface area contributed by atoms with Crippen LogP contribution in [-0.4, -0.2) is 43.8 Å². The first-order chi connectivity index (χ1) is 23.6. The number of carbonyl (C=O) groups is 2. The third-order valence-corrected chi connectivity index (χ3v) is 9.94. The number of halogens is 1. The highest BCUT2D eigenvalue weighted by Gasteiger charge is 2.35. The van der Waals surface area contributed by atoms with Crippen LogP contribution in [-0.2, 0) is 32.6 Å². The van der Waals surface area contributed by atoms with Gasteiger partial charge in [-0.1, -0.05) is 94.8 Å². The number of rotatable bonds is 14. The maximum absolute atomic E-state index is 14.6. The lowest BCUT2D eigenvalue weighted by Crippen LogP contribution is -2.54. The molecule has 1 atom stereocenters. The summed E-state index contributed by atoms with van der Waals surface area (Å²) in [6.07, 6.45) is 0.232. The molecule has 0 aromatic heterocycles. The molecule has 0 saturated heterocycles. The zero-order valence-corrected chi connectivity index (χ0v) is 29.7. The topological polar surface area (TPSA) is 96.0 Å². The fraction of sp³-hybridized carbons (Fsp3) is 0.179. The molecular weight excluding hydrogens is 702 g/mol. The standard InChI is InChI=1S/C39H38BrN3O5S/c1-29(2)41-39(45)37(26-30-13-6-3-7-14-30)42(27-31-15-12-16-32(40)25-31)38(44)28-43(49(46,47)36-19-10-5-11-20-36)33-21-23-35(24-22-33)48-34-17-8-4-9-18-34/h3-25,29,37H,26-28H2,1-2H3,(H,41,45)/t37-/m1/s1. The van der Waals surface area contributed by atoms with Gasteiger partial charge in [-0.2, -0.15) is 0 Å². The van der Waals surface area contributed by atoms with E-state index in [2.05, 4.69) is 21.2 Å². The van der Waals surface area contributed by atoms with E-state index in [4.69, 9.17) is 4.74 Å². The molecule has 5 aromatic rings. The predicted molar refractivity (Wildman–Crippen MR) is 196 cm³/mol. The third kappa shape index (κ3) is 9.58. The van der Waals surface area contributed by atoms with Crippen molar-refractivity contribution in [2.75, 3.05) is 10.8 Å². The van der Waals surface area contributed by atoms with E-state index >= 15 is 0 Å². The van der Waals surface area contributed by atoms with Gasteiger partial charge in [0.1, 0.15) is 24.1 Å². The van der Waals surface area contributed by atoms with E-state index in [9.17, 15) is 18.0 Å². The summed E-state index contributed by atoms with van der Waals surface area (Å²) in [5.74, 6) is 0.264. The number of amides is 2. The van der Waals surface area contributed by atoms with Crippen molar-refractivity contribution in [3.05, 3.63) is 155 Å². The average molecular weight is 741 g/mol. The molecule has 5 rings (SSSR count). The summed E-state index contributed by atoms with van der Waals surface area (Å²) in [7, 11) is -4.22. The van der Waals surface area contributed by atoms with Crippen LogP contribution in [0.2, 0.25) is 0 Å². The first kappa shape index (κ1) is 35.4. The predicted octanol–water partition coefficient (Wildman–Crippen LogP) is 7.60. The Morgan fingerprint density at radius 3 is 1.92 bits per heavy atom. The monoisotopic (exact) mass is 739 g/mol. The minimum atomic E-state index is -4.22. The van der Waals surface area contributed by atoms with Gasteiger partial charge in [-0.25, -0.2) is 8.42 Å². The van der Waals surface area contributed by atoms with E-state index in [-0.39, 0.29) is 35.5 Å². The van der Waals surface area contributed by atoms with Gasteiger partial charge < -0.3 is 15.0 Å². The molecule has 252 valence electrons. The lowest BCUT2D eigenvalue weighted by Gasteiger charge is -2.34. The molecular formula is C39H38BrN3O5S. The van der Waals surface area contributed by atoms with Crippen molar-refractivity contribution in [3.63, 3.8) is 0 Å². The molecule has 1 N–H and O–H groups in total. The molecule has 0 aliphatic carbocycles. The van der Waals surface area contributed by atoms with Gasteiger partial charge in [-0.05, 0) is 85.6 Å². The van der Waals surface area contributed by atoms with E-state index < -0.39 is 28.5 Å². The Bertz CT molecular complexity index is 1940. The van der Waals surface area contributed by atoms with Crippen molar-refractivity contribution in [1.82, 2.24) is 10.2 Å². The van der Waals surface area contributed by atoms with Gasteiger partial charge in [0.2, 0.25) is 11.8 Å². The number of hydrogen-bond donors (Lipinski definition) is 1. The zero-order chi connectivity index (χ0) is 34.8. The van der Waals surface area contributed by atoms with Crippen molar-refractivity contribution in [1.29, 1.82) is 0 Å². The van der Waals surface area contributed by atoms with Crippen molar-refractivity contribution in [2.24, 2.45) is 0 Å². The van der Waals surface area contributed by atoms with Gasteiger partial charge in [0.05, 0.1) is 10.6 Å². The first-order valence-electron chi connectivity index (χ1n) is 15.9. The van der Waals surface area contributed by atoms with Gasteiger partial charge in [0, 0.05) is 23.5 Å². The maximum Gasteiger partial charge on any atom is 0.264 e. The number of ether oxygens (including phenoxy) is 1. The third-order valence-electron chi connectivity index (χ3n) is 7.66. The fourth-order valence-electron chi connectivity index (χ4n) is 5.32. The second-order valence-electron chi connectivity index (χ2n) is 11.8. The van der Waals surface area contributed by atoms with Crippen LogP contribution in [0.25, 0.3) is 0 Å². The van der Waals surface area contributed by atoms with Gasteiger partial charge in [-0.15, -0.1) is 0 Å². The summed E-state index contributed by atoms with van der Waals surface area (Å²) in [4.78, 5) is 30.0. The fourth-order valence-corrected chi connectivity index (χ4v) is 7.20. The molecule has 0 unspecified atom stereocenters. The van der Waals surface area contributed by atoms with E-state index in [1.807, 2.05) is 98.8 Å². The van der Waals surface area contributed by atoms with E-state index in [0.717, 1.165) is 19.9 Å². The Hall–Kier alpha value is -4.93. The molecule has 0 saturated carbocycles. The van der Waals surface area contributed by atoms with Crippen LogP contribution in [0.15, 0.2) is 149 Å². The molecule has 0 heterocycles. The summed E-state index contributed by atoms with van der Waals surface area (Å²) in [6.45, 7) is 3.24. The summed E-state index contributed by atoms with van der Waals surface area (Å²) in [5, 5.41) is 2.98. The van der Waals surface area contributed by atoms with Crippen LogP contribution in [0, 0.1) is 0 Å². The SMILES string of the molecule is CC(C)NC(=O)[C@@H](Cc1ccccc1)N(Cc1cccc(Br)c1)C(=O)CN(c1ccc(Oc2ccccc2)cc1)S(=O)(=O)c1ccccc1. The maximum atomic E-state index is 14.6. The Balaban J connectivity index is 1.55. The number of benzene rings is 5. The van der Waals surface area contributed by atoms with Crippen molar-refractivity contribution in [3.8, 4) is 11.5 Å². The van der Waals surface area contributed by atoms with Gasteiger partial charge in [-0.3, -0.25) is 13.9 Å². The van der Waals surface area contributed by atoms with Crippen molar-refractivity contribution < 1.29 is 22.7 Å². The Labute approximate surface area is 296 Å². The first-order valence-corrected chi connectivity index (χ1v) is 18.1. The molecule has 0 spiro atoms. The molecule has 0 bridgehead atoms. The van der Waals surface area contributed by atoms with Crippen LogP contribution in [0.4, 0.5) is 5.69 Å². The van der Waals surface area contributed by atoms with E-state index in [1.165, 1.54) is 17.0 Å². The normalized spacial score (nSPS) is 11.8. The number of nitrogens with one attached hydrogen (secondary N) is 1. The van der Waals surface area contributed by atoms with Crippen LogP contribution in [0.5, 0.6) is 11.5 Å². The molecule has 5 aromatic carbocycles. The number of carbonyl (C=O) groups excluding carboxylic acids is 2. The second-order valence-corrected chi connectivity index (χ2v) is 14.5. The lowest BCUT2D eigenvalue weighted by molar-refractivity contribution is -0.140. The molecule has 0 aliphatic rings. The molecule has 10 heteroatoms. The van der Waals surface area contributed by atoms with E-state index in [1.54, 1.807) is 42.5 Å². The summed E-state index contributed by atoms with van der Waals surface area (Å²) in [5.41, 5.74) is 1.91. The summed E-state index contributed by atoms with van der Waals surface area (Å²) in [6, 6.07) is 39.6. The minimum absolute atomic E-state index is 0.0318. The quantitative estimate of drug-likeness (QED) is 0.127. The Morgan fingerprint density at radius 1 is 0.735 bits per heavy atom. The van der Waals surface area contributed by atoms with Crippen LogP contribution in [0.1, 0.15) is 25.0 Å². The summed E-state index contributed by atoms with van der Waals surface area (Å²) >= 11 is 3.51.